The van der Waals surface area contributed by atoms with Crippen LogP contribution in [0.2, 0.25) is 0 Å². The van der Waals surface area contributed by atoms with E-state index in [4.69, 9.17) is 9.47 Å². The van der Waals surface area contributed by atoms with Gasteiger partial charge < -0.3 is 14.8 Å². The first kappa shape index (κ1) is 17.6. The summed E-state index contributed by atoms with van der Waals surface area (Å²) in [6.07, 6.45) is 5.80. The second-order valence-corrected chi connectivity index (χ2v) is 5.39. The van der Waals surface area contributed by atoms with Gasteiger partial charge in [-0.3, -0.25) is 4.79 Å². The van der Waals surface area contributed by atoms with E-state index in [0.717, 1.165) is 12.0 Å². The van der Waals surface area contributed by atoms with Crippen LogP contribution in [-0.2, 0) is 4.79 Å². The zero-order chi connectivity index (χ0) is 17.5. The van der Waals surface area contributed by atoms with E-state index < -0.39 is 0 Å². The summed E-state index contributed by atoms with van der Waals surface area (Å²) in [7, 11) is 3.18. The zero-order valence-corrected chi connectivity index (χ0v) is 14.4. The molecule has 0 aliphatic rings. The Morgan fingerprint density at radius 1 is 1.29 bits per heavy atom. The predicted molar refractivity (Wildman–Crippen MR) is 94.4 cm³/mol. The van der Waals surface area contributed by atoms with Crippen molar-refractivity contribution in [2.24, 2.45) is 0 Å². The highest BCUT2D eigenvalue weighted by Crippen LogP contribution is 2.23. The van der Waals surface area contributed by atoms with Crippen molar-refractivity contribution in [1.29, 1.82) is 0 Å². The largest absolute Gasteiger partial charge is 0.497 e. The van der Waals surface area contributed by atoms with Gasteiger partial charge in [-0.1, -0.05) is 6.92 Å². The van der Waals surface area contributed by atoms with Crippen molar-refractivity contribution in [2.45, 2.75) is 26.3 Å². The molecular formula is C18H23N3O3. The highest BCUT2D eigenvalue weighted by atomic mass is 16.5. The summed E-state index contributed by atoms with van der Waals surface area (Å²) in [4.78, 5) is 12.2. The van der Waals surface area contributed by atoms with Crippen LogP contribution in [0.15, 0.2) is 36.5 Å². The number of amides is 1. The molecule has 0 bridgehead atoms. The fourth-order valence-electron chi connectivity index (χ4n) is 2.20. The van der Waals surface area contributed by atoms with Crippen LogP contribution >= 0.6 is 0 Å². The van der Waals surface area contributed by atoms with Crippen LogP contribution in [0.3, 0.4) is 0 Å². The molecule has 0 aliphatic carbocycles. The first-order valence-corrected chi connectivity index (χ1v) is 7.83. The molecule has 6 nitrogen and oxygen atoms in total. The van der Waals surface area contributed by atoms with E-state index in [9.17, 15) is 4.79 Å². The fourth-order valence-corrected chi connectivity index (χ4v) is 2.20. The van der Waals surface area contributed by atoms with E-state index in [1.165, 1.54) is 6.08 Å². The maximum Gasteiger partial charge on any atom is 0.249 e. The number of hydrogen-bond acceptors (Lipinski definition) is 4. The van der Waals surface area contributed by atoms with Crippen molar-refractivity contribution >= 4 is 17.8 Å². The van der Waals surface area contributed by atoms with Crippen LogP contribution < -0.4 is 14.8 Å². The van der Waals surface area contributed by atoms with Crippen LogP contribution in [0.5, 0.6) is 11.5 Å². The standard InChI is InChI=1S/C18H23N3O3/c1-5-13(2)21-17(8-9-19-21)20-18(22)7-6-14-10-15(23-3)12-16(11-14)24-4/h6-13H,5H2,1-4H3,(H,20,22)/b7-6+. The predicted octanol–water partition coefficient (Wildman–Crippen LogP) is 3.52. The first-order valence-electron chi connectivity index (χ1n) is 7.83. The Bertz CT molecular complexity index is 700. The fraction of sp³-hybridized carbons (Fsp3) is 0.333. The maximum atomic E-state index is 12.2. The Morgan fingerprint density at radius 2 is 1.96 bits per heavy atom. The second kappa shape index (κ2) is 8.19. The maximum absolute atomic E-state index is 12.2. The van der Waals surface area contributed by atoms with Crippen LogP contribution in [0.1, 0.15) is 31.9 Å². The minimum atomic E-state index is -0.221. The molecule has 1 N–H and O–H groups in total. The summed E-state index contributed by atoms with van der Waals surface area (Å²) >= 11 is 0. The minimum Gasteiger partial charge on any atom is -0.497 e. The van der Waals surface area contributed by atoms with Gasteiger partial charge >= 0.3 is 0 Å². The van der Waals surface area contributed by atoms with Gasteiger partial charge in [0.25, 0.3) is 0 Å². The lowest BCUT2D eigenvalue weighted by molar-refractivity contribution is -0.111. The molecular weight excluding hydrogens is 306 g/mol. The third-order valence-corrected chi connectivity index (χ3v) is 3.73. The molecule has 1 aromatic carbocycles. The van der Waals surface area contributed by atoms with Gasteiger partial charge in [0.1, 0.15) is 17.3 Å². The number of ether oxygens (including phenoxy) is 2. The van der Waals surface area contributed by atoms with E-state index in [2.05, 4.69) is 24.3 Å². The second-order valence-electron chi connectivity index (χ2n) is 5.39. The van der Waals surface area contributed by atoms with Crippen molar-refractivity contribution < 1.29 is 14.3 Å². The number of nitrogens with one attached hydrogen (secondary N) is 1. The number of carbonyl (C=O) groups is 1. The SMILES string of the molecule is CCC(C)n1nccc1NC(=O)/C=C/c1cc(OC)cc(OC)c1. The molecule has 0 aliphatic heterocycles. The Balaban J connectivity index is 2.10. The van der Waals surface area contributed by atoms with Crippen molar-refractivity contribution in [3.05, 3.63) is 42.1 Å². The summed E-state index contributed by atoms with van der Waals surface area (Å²) in [5.41, 5.74) is 0.816. The monoisotopic (exact) mass is 329 g/mol. The number of benzene rings is 1. The average molecular weight is 329 g/mol. The summed E-state index contributed by atoms with van der Waals surface area (Å²) in [5, 5.41) is 7.09. The van der Waals surface area contributed by atoms with Crippen LogP contribution in [-0.4, -0.2) is 29.9 Å². The van der Waals surface area contributed by atoms with Gasteiger partial charge in [0.2, 0.25) is 5.91 Å². The third-order valence-electron chi connectivity index (χ3n) is 3.73. The molecule has 0 radical (unpaired) electrons. The van der Waals surface area contributed by atoms with Crippen molar-refractivity contribution in [2.75, 3.05) is 19.5 Å². The lowest BCUT2D eigenvalue weighted by atomic mass is 10.2. The van der Waals surface area contributed by atoms with Crippen molar-refractivity contribution in [3.8, 4) is 11.5 Å². The van der Waals surface area contributed by atoms with Gasteiger partial charge in [-0.05, 0) is 37.1 Å². The van der Waals surface area contributed by atoms with E-state index in [1.54, 1.807) is 43.3 Å². The van der Waals surface area contributed by atoms with E-state index in [1.807, 2.05) is 12.1 Å². The van der Waals surface area contributed by atoms with Gasteiger partial charge in [-0.15, -0.1) is 0 Å². The topological polar surface area (TPSA) is 65.4 Å². The molecule has 0 saturated carbocycles. The number of aromatic nitrogens is 2. The molecule has 6 heteroatoms. The number of methoxy groups -OCH3 is 2. The summed E-state index contributed by atoms with van der Waals surface area (Å²) in [6.45, 7) is 4.13. The molecule has 2 aromatic rings. The molecule has 1 atom stereocenters. The Hall–Kier alpha value is -2.76. The van der Waals surface area contributed by atoms with E-state index in [-0.39, 0.29) is 11.9 Å². The quantitative estimate of drug-likeness (QED) is 0.789. The minimum absolute atomic E-state index is 0.221. The lowest BCUT2D eigenvalue weighted by Gasteiger charge is -2.13. The normalized spacial score (nSPS) is 12.2. The molecule has 0 spiro atoms. The molecule has 1 aromatic heterocycles. The van der Waals surface area contributed by atoms with Gasteiger partial charge in [-0.2, -0.15) is 5.10 Å². The van der Waals surface area contributed by atoms with E-state index >= 15 is 0 Å². The Morgan fingerprint density at radius 3 is 2.54 bits per heavy atom. The Kier molecular flexibility index (Phi) is 6.01. The molecule has 1 amide bonds. The molecule has 0 fully saturated rings. The average Bonchev–Trinajstić information content (AvgIpc) is 3.06. The van der Waals surface area contributed by atoms with Crippen LogP contribution in [0.25, 0.3) is 6.08 Å². The Labute approximate surface area is 142 Å². The third kappa shape index (κ3) is 4.38. The van der Waals surface area contributed by atoms with Crippen LogP contribution in [0.4, 0.5) is 5.82 Å². The summed E-state index contributed by atoms with van der Waals surface area (Å²) < 4.78 is 12.2. The van der Waals surface area contributed by atoms with Crippen molar-refractivity contribution in [3.63, 3.8) is 0 Å². The summed E-state index contributed by atoms with van der Waals surface area (Å²) in [5.74, 6) is 1.80. The molecule has 1 unspecified atom stereocenters. The molecule has 128 valence electrons. The zero-order valence-electron chi connectivity index (χ0n) is 14.4. The number of rotatable bonds is 7. The smallest absolute Gasteiger partial charge is 0.249 e. The number of nitrogens with zero attached hydrogens (tertiary/aromatic N) is 2. The number of anilines is 1. The van der Waals surface area contributed by atoms with Gasteiger partial charge in [-0.25, -0.2) is 4.68 Å². The van der Waals surface area contributed by atoms with E-state index in [0.29, 0.717) is 17.3 Å². The number of hydrogen-bond donors (Lipinski definition) is 1. The van der Waals surface area contributed by atoms with Gasteiger partial charge in [0, 0.05) is 18.2 Å². The van der Waals surface area contributed by atoms with Gasteiger partial charge in [0.05, 0.1) is 26.5 Å². The number of carbonyl (C=O) groups excluding carboxylic acids is 1. The van der Waals surface area contributed by atoms with Crippen LogP contribution in [0, 0.1) is 0 Å². The first-order chi connectivity index (χ1) is 11.6. The lowest BCUT2D eigenvalue weighted by Crippen LogP contribution is -2.15. The highest BCUT2D eigenvalue weighted by Gasteiger charge is 2.09. The molecule has 1 heterocycles. The van der Waals surface area contributed by atoms with Gasteiger partial charge in [0.15, 0.2) is 0 Å². The molecule has 2 rings (SSSR count). The highest BCUT2D eigenvalue weighted by molar-refractivity contribution is 6.01. The molecule has 24 heavy (non-hydrogen) atoms. The summed E-state index contributed by atoms with van der Waals surface area (Å²) in [6, 6.07) is 7.45. The van der Waals surface area contributed by atoms with Crippen molar-refractivity contribution in [1.82, 2.24) is 9.78 Å². The molecule has 0 saturated heterocycles.